The molecule has 0 atom stereocenters. The van der Waals surface area contributed by atoms with Gasteiger partial charge in [0, 0.05) is 16.6 Å². The topological polar surface area (TPSA) is 21.2 Å². The number of hydrogen-bond donors (Lipinski definition) is 0. The van der Waals surface area contributed by atoms with Crippen molar-refractivity contribution in [3.63, 3.8) is 0 Å². The number of aliphatic imine (C=N–C) groups is 1. The van der Waals surface area contributed by atoms with E-state index < -0.39 is 8.74 Å². The van der Waals surface area contributed by atoms with Gasteiger partial charge >= 0.3 is 0 Å². The van der Waals surface area contributed by atoms with Crippen molar-refractivity contribution >= 4 is 20.1 Å². The standard InChI is InChI=1S/C33H51N3Si/c1-23(2)26-20-17-21-27(24(3)4)29(26)34-28(31(5,6)7)22-37-35(32(8,9)10)30(36(37)33(11,12)13)25-18-15-14-16-19-25/h14-21,23-24H,22H2,1-13H3. The predicted octanol–water partition coefficient (Wildman–Crippen LogP) is 8.76. The normalized spacial score (nSPS) is 13.8. The van der Waals surface area contributed by atoms with Crippen molar-refractivity contribution in [2.24, 2.45) is 10.4 Å². The molecule has 3 nitrogen and oxygen atoms in total. The molecule has 0 saturated heterocycles. The second kappa shape index (κ2) is 10.5. The van der Waals surface area contributed by atoms with Gasteiger partial charge in [0.2, 0.25) is 0 Å². The molecule has 202 valence electrons. The van der Waals surface area contributed by atoms with Crippen molar-refractivity contribution in [1.29, 1.82) is 0 Å². The largest absolute Gasteiger partial charge is 0.429 e. The van der Waals surface area contributed by atoms with Crippen molar-refractivity contribution in [1.82, 2.24) is 4.22 Å². The van der Waals surface area contributed by atoms with Crippen LogP contribution in [0.5, 0.6) is 0 Å². The van der Waals surface area contributed by atoms with Crippen LogP contribution in [0.1, 0.15) is 113 Å². The highest BCUT2D eigenvalue weighted by Crippen LogP contribution is 2.37. The Hall–Kier alpha value is -2.20. The van der Waals surface area contributed by atoms with Crippen LogP contribution in [-0.4, -0.2) is 18.7 Å². The first-order valence-corrected chi connectivity index (χ1v) is 15.6. The van der Waals surface area contributed by atoms with Crippen molar-refractivity contribution in [3.8, 4) is 11.4 Å². The van der Waals surface area contributed by atoms with Crippen LogP contribution < -0.4 is 4.22 Å². The zero-order chi connectivity index (χ0) is 27.9. The predicted molar refractivity (Wildman–Crippen MR) is 163 cm³/mol. The Labute approximate surface area is 228 Å². The molecule has 2 aromatic carbocycles. The number of nitrogens with zero attached hydrogens (tertiary/aromatic N) is 3. The minimum atomic E-state index is -1.10. The molecular weight excluding hydrogens is 466 g/mol. The lowest BCUT2D eigenvalue weighted by Gasteiger charge is -2.49. The lowest BCUT2D eigenvalue weighted by molar-refractivity contribution is -0.714. The highest BCUT2D eigenvalue weighted by atomic mass is 28.2. The van der Waals surface area contributed by atoms with E-state index in [1.54, 1.807) is 0 Å². The summed E-state index contributed by atoms with van der Waals surface area (Å²) in [6.45, 7) is 30.3. The van der Waals surface area contributed by atoms with E-state index in [1.807, 2.05) is 0 Å². The van der Waals surface area contributed by atoms with Gasteiger partial charge < -0.3 is 8.44 Å². The van der Waals surface area contributed by atoms with Gasteiger partial charge in [0.25, 0.3) is 0 Å². The van der Waals surface area contributed by atoms with Crippen LogP contribution in [0.4, 0.5) is 5.69 Å². The minimum absolute atomic E-state index is 0.0222. The average molecular weight is 518 g/mol. The van der Waals surface area contributed by atoms with Crippen LogP contribution in [0.2, 0.25) is 0 Å². The molecule has 0 bridgehead atoms. The van der Waals surface area contributed by atoms with E-state index in [4.69, 9.17) is 4.99 Å². The molecule has 0 unspecified atom stereocenters. The molecule has 0 radical (unpaired) electrons. The highest BCUT2D eigenvalue weighted by molar-refractivity contribution is 6.43. The summed E-state index contributed by atoms with van der Waals surface area (Å²) in [4.78, 5) is 5.60. The van der Waals surface area contributed by atoms with Crippen LogP contribution >= 0.6 is 0 Å². The number of rotatable bonds is 6. The third kappa shape index (κ3) is 6.27. The first-order valence-electron chi connectivity index (χ1n) is 14.0. The summed E-state index contributed by atoms with van der Waals surface area (Å²) in [7, 11) is -1.10. The summed E-state index contributed by atoms with van der Waals surface area (Å²) < 4.78 is 5.47. The van der Waals surface area contributed by atoms with Crippen LogP contribution in [0.15, 0.2) is 53.5 Å². The van der Waals surface area contributed by atoms with Crippen LogP contribution in [0.25, 0.3) is 11.4 Å². The van der Waals surface area contributed by atoms with Crippen molar-refractivity contribution < 1.29 is 4.22 Å². The molecule has 4 heteroatoms. The van der Waals surface area contributed by atoms with E-state index >= 15 is 0 Å². The quantitative estimate of drug-likeness (QED) is 0.230. The zero-order valence-electron chi connectivity index (χ0n) is 25.8. The van der Waals surface area contributed by atoms with E-state index in [-0.39, 0.29) is 16.5 Å². The third-order valence-electron chi connectivity index (χ3n) is 7.09. The lowest BCUT2D eigenvalue weighted by Crippen LogP contribution is -2.71. The molecule has 0 aliphatic heterocycles. The van der Waals surface area contributed by atoms with Crippen LogP contribution in [0, 0.1) is 5.41 Å². The smallest absolute Gasteiger partial charge is 0.152 e. The van der Waals surface area contributed by atoms with Crippen molar-refractivity contribution in [2.45, 2.75) is 119 Å². The summed E-state index contributed by atoms with van der Waals surface area (Å²) in [6, 6.07) is 18.7. The molecule has 3 aromatic rings. The van der Waals surface area contributed by atoms with E-state index in [1.165, 1.54) is 33.9 Å². The van der Waals surface area contributed by atoms with E-state index in [2.05, 4.69) is 147 Å². The molecule has 0 N–H and O–H groups in total. The fourth-order valence-electron chi connectivity index (χ4n) is 5.21. The molecule has 1 heterocycles. The molecule has 0 saturated carbocycles. The molecule has 0 aliphatic rings. The summed E-state index contributed by atoms with van der Waals surface area (Å²) in [5.41, 5.74) is 6.58. The first-order chi connectivity index (χ1) is 16.9. The van der Waals surface area contributed by atoms with E-state index in [0.29, 0.717) is 11.8 Å². The second-order valence-corrected chi connectivity index (χ2v) is 16.3. The zero-order valence-corrected chi connectivity index (χ0v) is 26.8. The first kappa shape index (κ1) is 29.4. The fourth-order valence-corrected chi connectivity index (χ4v) is 8.99. The third-order valence-corrected chi connectivity index (χ3v) is 10.5. The van der Waals surface area contributed by atoms with Gasteiger partial charge in [-0.2, -0.15) is 0 Å². The SMILES string of the molecule is CC(C)c1cccc(C(C)C)c1N=C(C[si-]1n(C(C)(C)C)c(-c2ccccc2)[n+]1C(C)(C)C)C(C)(C)C. The monoisotopic (exact) mass is 517 g/mol. The Kier molecular flexibility index (Phi) is 8.34. The number of hydrogen-bond acceptors (Lipinski definition) is 1. The number of aromatic nitrogens is 2. The molecule has 0 amide bonds. The fraction of sp³-hybridized carbons (Fsp3) is 0.576. The lowest BCUT2D eigenvalue weighted by atomic mass is 9.89. The van der Waals surface area contributed by atoms with E-state index in [9.17, 15) is 0 Å². The minimum Gasteiger partial charge on any atom is -0.429 e. The van der Waals surface area contributed by atoms with Gasteiger partial charge in [0.05, 0.1) is 14.4 Å². The Bertz CT molecular complexity index is 1180. The van der Waals surface area contributed by atoms with Crippen LogP contribution in [-0.2, 0) is 17.1 Å². The summed E-state index contributed by atoms with van der Waals surface area (Å²) in [6.07, 6.45) is 0. The second-order valence-electron chi connectivity index (χ2n) is 14.2. The maximum absolute atomic E-state index is 5.60. The molecule has 3 rings (SSSR count). The Morgan fingerprint density at radius 3 is 1.70 bits per heavy atom. The maximum atomic E-state index is 5.60. The molecule has 1 aromatic heterocycles. The average Bonchev–Trinajstić information content (AvgIpc) is 2.72. The summed E-state index contributed by atoms with van der Waals surface area (Å²) in [5.74, 6) is 2.24. The van der Waals surface area contributed by atoms with Gasteiger partial charge in [-0.25, -0.2) is 0 Å². The molecule has 0 fully saturated rings. The number of para-hydroxylation sites is 1. The van der Waals surface area contributed by atoms with Gasteiger partial charge in [-0.15, -0.1) is 0 Å². The van der Waals surface area contributed by atoms with Crippen molar-refractivity contribution in [2.75, 3.05) is 0 Å². The maximum Gasteiger partial charge on any atom is 0.152 e. The Morgan fingerprint density at radius 2 is 1.30 bits per heavy atom. The van der Waals surface area contributed by atoms with Gasteiger partial charge in [-0.05, 0) is 87.8 Å². The van der Waals surface area contributed by atoms with Gasteiger partial charge in [-0.3, -0.25) is 4.99 Å². The van der Waals surface area contributed by atoms with Crippen LogP contribution in [0.3, 0.4) is 0 Å². The van der Waals surface area contributed by atoms with Crippen molar-refractivity contribution in [3.05, 3.63) is 59.7 Å². The Balaban J connectivity index is 2.31. The number of benzene rings is 2. The summed E-state index contributed by atoms with van der Waals surface area (Å²) in [5, 5.41) is 0. The molecular formula is C33H51N3Si. The van der Waals surface area contributed by atoms with Gasteiger partial charge in [0.1, 0.15) is 0 Å². The molecule has 0 aliphatic carbocycles. The molecule has 37 heavy (non-hydrogen) atoms. The Morgan fingerprint density at radius 1 is 0.784 bits per heavy atom. The van der Waals surface area contributed by atoms with Gasteiger partial charge in [-0.1, -0.05) is 90.9 Å². The molecule has 0 spiro atoms. The van der Waals surface area contributed by atoms with Gasteiger partial charge in [0.15, 0.2) is 5.82 Å². The summed E-state index contributed by atoms with van der Waals surface area (Å²) >= 11 is 0. The highest BCUT2D eigenvalue weighted by Gasteiger charge is 2.33. The van der Waals surface area contributed by atoms with E-state index in [0.717, 1.165) is 6.04 Å².